The molecule has 2 heterocycles. The lowest BCUT2D eigenvalue weighted by Crippen LogP contribution is -2.14. The third-order valence-electron chi connectivity index (χ3n) is 3.95. The monoisotopic (exact) mass is 382 g/mol. The molecule has 3 aromatic rings. The Bertz CT molecular complexity index is 910. The van der Waals surface area contributed by atoms with E-state index in [-0.39, 0.29) is 11.7 Å². The van der Waals surface area contributed by atoms with Gasteiger partial charge in [-0.15, -0.1) is 10.2 Å². The largest absolute Gasteiger partial charge is 0.376 e. The van der Waals surface area contributed by atoms with Gasteiger partial charge < -0.3 is 14.8 Å². The van der Waals surface area contributed by atoms with Crippen LogP contribution in [0.4, 0.5) is 11.4 Å². The zero-order valence-electron chi connectivity index (χ0n) is 15.6. The number of benzene rings is 1. The summed E-state index contributed by atoms with van der Waals surface area (Å²) in [6, 6.07) is 11.3. The second kappa shape index (κ2) is 8.68. The molecular formula is C19H22N6OS. The minimum Gasteiger partial charge on any atom is -0.376 e. The lowest BCUT2D eigenvalue weighted by Gasteiger charge is -2.16. The second-order valence-electron chi connectivity index (χ2n) is 6.04. The number of thioether (sulfide) groups is 1. The van der Waals surface area contributed by atoms with Crippen LogP contribution in [0.5, 0.6) is 0 Å². The third-order valence-corrected chi connectivity index (χ3v) is 4.91. The van der Waals surface area contributed by atoms with E-state index in [4.69, 9.17) is 0 Å². The van der Waals surface area contributed by atoms with Gasteiger partial charge in [0.2, 0.25) is 5.91 Å². The summed E-state index contributed by atoms with van der Waals surface area (Å²) in [5, 5.41) is 12.3. The van der Waals surface area contributed by atoms with Crippen LogP contribution in [-0.2, 0) is 11.3 Å². The molecule has 0 bridgehead atoms. The fourth-order valence-corrected chi connectivity index (χ4v) is 3.46. The molecule has 0 aliphatic rings. The van der Waals surface area contributed by atoms with E-state index in [0.717, 1.165) is 27.9 Å². The first kappa shape index (κ1) is 18.9. The van der Waals surface area contributed by atoms with Crippen molar-refractivity contribution in [3.05, 3.63) is 48.8 Å². The van der Waals surface area contributed by atoms with Crippen LogP contribution in [0.1, 0.15) is 6.92 Å². The molecule has 0 unspecified atom stereocenters. The molecular weight excluding hydrogens is 360 g/mol. The Labute approximate surface area is 162 Å². The van der Waals surface area contributed by atoms with Gasteiger partial charge in [0, 0.05) is 38.1 Å². The van der Waals surface area contributed by atoms with Crippen LogP contribution in [0.15, 0.2) is 53.9 Å². The van der Waals surface area contributed by atoms with Crippen molar-refractivity contribution in [1.29, 1.82) is 0 Å². The minimum atomic E-state index is -0.0729. The van der Waals surface area contributed by atoms with Crippen molar-refractivity contribution in [3.63, 3.8) is 0 Å². The van der Waals surface area contributed by atoms with Crippen LogP contribution in [0.2, 0.25) is 0 Å². The highest BCUT2D eigenvalue weighted by molar-refractivity contribution is 7.99. The van der Waals surface area contributed by atoms with Gasteiger partial charge in [-0.3, -0.25) is 9.78 Å². The van der Waals surface area contributed by atoms with Crippen molar-refractivity contribution < 1.29 is 4.79 Å². The summed E-state index contributed by atoms with van der Waals surface area (Å²) in [6.45, 7) is 2.75. The minimum absolute atomic E-state index is 0.0729. The summed E-state index contributed by atoms with van der Waals surface area (Å²) in [5.41, 5.74) is 2.72. The second-order valence-corrected chi connectivity index (χ2v) is 6.98. The lowest BCUT2D eigenvalue weighted by atomic mass is 10.2. The summed E-state index contributed by atoms with van der Waals surface area (Å²) < 4.78 is 2.02. The van der Waals surface area contributed by atoms with E-state index < -0.39 is 0 Å². The first-order chi connectivity index (χ1) is 13.1. The zero-order valence-corrected chi connectivity index (χ0v) is 16.4. The molecule has 27 heavy (non-hydrogen) atoms. The van der Waals surface area contributed by atoms with Crippen molar-refractivity contribution in [2.45, 2.75) is 18.6 Å². The first-order valence-corrected chi connectivity index (χ1v) is 9.61. The van der Waals surface area contributed by atoms with Crippen molar-refractivity contribution in [1.82, 2.24) is 19.7 Å². The zero-order chi connectivity index (χ0) is 19.2. The Morgan fingerprint density at radius 1 is 1.19 bits per heavy atom. The van der Waals surface area contributed by atoms with Gasteiger partial charge in [-0.1, -0.05) is 30.0 Å². The predicted molar refractivity (Wildman–Crippen MR) is 109 cm³/mol. The topological polar surface area (TPSA) is 75.9 Å². The highest BCUT2D eigenvalue weighted by atomic mass is 32.2. The van der Waals surface area contributed by atoms with Crippen LogP contribution < -0.4 is 10.2 Å². The van der Waals surface area contributed by atoms with E-state index in [1.807, 2.05) is 73.1 Å². The number of rotatable bonds is 7. The number of anilines is 2. The molecule has 0 saturated carbocycles. The van der Waals surface area contributed by atoms with Gasteiger partial charge in [0.05, 0.1) is 17.6 Å². The number of aromatic nitrogens is 4. The molecule has 2 aromatic heterocycles. The number of pyridine rings is 1. The number of carbonyl (C=O) groups excluding carboxylic acids is 1. The van der Waals surface area contributed by atoms with Gasteiger partial charge >= 0.3 is 0 Å². The Balaban J connectivity index is 1.76. The fraction of sp³-hybridized carbons (Fsp3) is 0.263. The number of nitrogens with one attached hydrogen (secondary N) is 1. The normalized spacial score (nSPS) is 10.6. The van der Waals surface area contributed by atoms with E-state index >= 15 is 0 Å². The Hall–Kier alpha value is -2.87. The molecule has 8 heteroatoms. The van der Waals surface area contributed by atoms with Crippen molar-refractivity contribution >= 4 is 29.0 Å². The molecule has 0 saturated heterocycles. The molecule has 0 spiro atoms. The highest BCUT2D eigenvalue weighted by Gasteiger charge is 2.17. The number of nitrogens with zero attached hydrogens (tertiary/aromatic N) is 5. The number of amides is 1. The molecule has 3 rings (SSSR count). The average Bonchev–Trinajstić information content (AvgIpc) is 3.10. The smallest absolute Gasteiger partial charge is 0.234 e. The molecule has 1 aromatic carbocycles. The third kappa shape index (κ3) is 4.46. The molecule has 0 aliphatic heterocycles. The SMILES string of the molecule is CCn1c(SCC(=O)Nc2ccccc2)nnc1-c1ccncc1N(C)C. The van der Waals surface area contributed by atoms with E-state index in [0.29, 0.717) is 6.54 Å². The summed E-state index contributed by atoms with van der Waals surface area (Å²) in [4.78, 5) is 18.4. The van der Waals surface area contributed by atoms with Crippen molar-refractivity contribution in [2.24, 2.45) is 0 Å². The molecule has 1 amide bonds. The summed E-state index contributed by atoms with van der Waals surface area (Å²) in [5.74, 6) is 0.968. The number of para-hydroxylation sites is 1. The van der Waals surface area contributed by atoms with Gasteiger partial charge in [0.1, 0.15) is 0 Å². The standard InChI is InChI=1S/C19H22N6OS/c1-4-25-18(15-10-11-20-12-16(15)24(2)3)22-23-19(25)27-13-17(26)21-14-8-6-5-7-9-14/h5-12H,4,13H2,1-3H3,(H,21,26). The maximum absolute atomic E-state index is 12.2. The van der Waals surface area contributed by atoms with E-state index in [1.165, 1.54) is 11.8 Å². The molecule has 0 aliphatic carbocycles. The number of carbonyl (C=O) groups is 1. The molecule has 0 fully saturated rings. The van der Waals surface area contributed by atoms with Gasteiger partial charge in [0.25, 0.3) is 0 Å². The average molecular weight is 382 g/mol. The van der Waals surface area contributed by atoms with Crippen LogP contribution in [0.25, 0.3) is 11.4 Å². The molecule has 1 N–H and O–H groups in total. The van der Waals surface area contributed by atoms with Gasteiger partial charge in [0.15, 0.2) is 11.0 Å². The van der Waals surface area contributed by atoms with E-state index in [9.17, 15) is 4.79 Å². The lowest BCUT2D eigenvalue weighted by molar-refractivity contribution is -0.113. The summed E-state index contributed by atoms with van der Waals surface area (Å²) in [7, 11) is 3.94. The van der Waals surface area contributed by atoms with Crippen LogP contribution in [0.3, 0.4) is 0 Å². The maximum atomic E-state index is 12.2. The fourth-order valence-electron chi connectivity index (χ4n) is 2.66. The maximum Gasteiger partial charge on any atom is 0.234 e. The Kier molecular flexibility index (Phi) is 6.08. The highest BCUT2D eigenvalue weighted by Crippen LogP contribution is 2.30. The number of hydrogen-bond donors (Lipinski definition) is 1. The Morgan fingerprint density at radius 3 is 2.67 bits per heavy atom. The van der Waals surface area contributed by atoms with E-state index in [1.54, 1.807) is 6.20 Å². The van der Waals surface area contributed by atoms with E-state index in [2.05, 4.69) is 20.5 Å². The first-order valence-electron chi connectivity index (χ1n) is 8.62. The van der Waals surface area contributed by atoms with Gasteiger partial charge in [-0.25, -0.2) is 0 Å². The van der Waals surface area contributed by atoms with Crippen molar-refractivity contribution in [2.75, 3.05) is 30.1 Å². The van der Waals surface area contributed by atoms with Gasteiger partial charge in [-0.05, 0) is 25.1 Å². The molecule has 140 valence electrons. The molecule has 0 radical (unpaired) electrons. The van der Waals surface area contributed by atoms with Gasteiger partial charge in [-0.2, -0.15) is 0 Å². The Morgan fingerprint density at radius 2 is 1.96 bits per heavy atom. The predicted octanol–water partition coefficient (Wildman–Crippen LogP) is 3.16. The van der Waals surface area contributed by atoms with Crippen LogP contribution >= 0.6 is 11.8 Å². The molecule has 7 nitrogen and oxygen atoms in total. The van der Waals surface area contributed by atoms with Crippen molar-refractivity contribution in [3.8, 4) is 11.4 Å². The molecule has 0 atom stereocenters. The number of hydrogen-bond acceptors (Lipinski definition) is 6. The summed E-state index contributed by atoms with van der Waals surface area (Å²) in [6.07, 6.45) is 3.56. The summed E-state index contributed by atoms with van der Waals surface area (Å²) >= 11 is 1.38. The quantitative estimate of drug-likeness (QED) is 0.633. The van der Waals surface area contributed by atoms with Crippen LogP contribution in [0, 0.1) is 0 Å². The van der Waals surface area contributed by atoms with Crippen LogP contribution in [-0.4, -0.2) is 45.5 Å².